The molecule has 5 heteroatoms. The van der Waals surface area contributed by atoms with E-state index < -0.39 is 5.60 Å². The Labute approximate surface area is 191 Å². The Morgan fingerprint density at radius 1 is 1.31 bits per heavy atom. The lowest BCUT2D eigenvalue weighted by Crippen LogP contribution is -2.46. The summed E-state index contributed by atoms with van der Waals surface area (Å²) in [6, 6.07) is 4.01. The number of carbonyl (C=O) groups excluding carboxylic acids is 1. The van der Waals surface area contributed by atoms with Crippen molar-refractivity contribution >= 4 is 17.6 Å². The van der Waals surface area contributed by atoms with Crippen LogP contribution >= 0.6 is 0 Å². The molecule has 1 amide bonds. The Bertz CT molecular complexity index is 964. The van der Waals surface area contributed by atoms with Crippen molar-refractivity contribution < 1.29 is 15.0 Å². The van der Waals surface area contributed by atoms with Gasteiger partial charge in [-0.25, -0.2) is 0 Å². The van der Waals surface area contributed by atoms with Crippen LogP contribution in [-0.4, -0.2) is 52.9 Å². The van der Waals surface area contributed by atoms with Crippen LogP contribution in [0, 0.1) is 18.8 Å². The van der Waals surface area contributed by atoms with Crippen molar-refractivity contribution in [3.05, 3.63) is 58.8 Å². The van der Waals surface area contributed by atoms with Crippen LogP contribution in [0.3, 0.4) is 0 Å². The molecular weight excluding hydrogens is 400 g/mol. The summed E-state index contributed by atoms with van der Waals surface area (Å²) in [7, 11) is 0. The molecule has 5 nitrogen and oxygen atoms in total. The largest absolute Gasteiger partial charge is 0.396 e. The summed E-state index contributed by atoms with van der Waals surface area (Å²) in [4.78, 5) is 15.6. The minimum absolute atomic E-state index is 0.145. The molecule has 1 saturated carbocycles. The standard InChI is InChI=1S/C27H36N2O3/c1-18-5-4-11-27(32,14-18)17-28-26(31)25-19(2)6-8-23-20(3)13-22(7-9-24(23)25)29-12-10-21(15-29)16-30/h6-9,13,18,21,30,32H,3-5,10-12,14-17H2,1-2H3,(H,28,31)/t18-,21?,27-/m1/s1. The van der Waals surface area contributed by atoms with Gasteiger partial charge in [0.05, 0.1) is 11.2 Å². The number of allylic oxidation sites excluding steroid dienone is 3. The number of benzene rings is 1. The summed E-state index contributed by atoms with van der Waals surface area (Å²) < 4.78 is 0. The zero-order chi connectivity index (χ0) is 22.9. The molecule has 4 rings (SSSR count). The van der Waals surface area contributed by atoms with Crippen LogP contribution < -0.4 is 5.32 Å². The summed E-state index contributed by atoms with van der Waals surface area (Å²) in [6.45, 7) is 10.6. The number of aryl methyl sites for hydroxylation is 1. The molecule has 1 unspecified atom stereocenters. The van der Waals surface area contributed by atoms with Crippen LogP contribution in [0.5, 0.6) is 0 Å². The normalized spacial score (nSPS) is 27.7. The number of nitrogens with one attached hydrogen (secondary N) is 1. The summed E-state index contributed by atoms with van der Waals surface area (Å²) in [5.41, 5.74) is 4.51. The second-order valence-electron chi connectivity index (χ2n) is 10.0. The third-order valence-electron chi connectivity index (χ3n) is 7.32. The predicted octanol–water partition coefficient (Wildman–Crippen LogP) is 3.90. The van der Waals surface area contributed by atoms with E-state index in [0.29, 0.717) is 17.4 Å². The summed E-state index contributed by atoms with van der Waals surface area (Å²) in [6.07, 6.45) is 10.7. The topological polar surface area (TPSA) is 72.8 Å². The third kappa shape index (κ3) is 4.69. The highest BCUT2D eigenvalue weighted by molar-refractivity contribution is 6.02. The number of fused-ring (bicyclic) bond motifs is 1. The Hall–Kier alpha value is -2.37. The zero-order valence-electron chi connectivity index (χ0n) is 19.4. The van der Waals surface area contributed by atoms with Gasteiger partial charge in [0.15, 0.2) is 0 Å². The van der Waals surface area contributed by atoms with Crippen molar-refractivity contribution in [2.45, 2.75) is 51.6 Å². The van der Waals surface area contributed by atoms with Crippen molar-refractivity contribution in [1.82, 2.24) is 10.2 Å². The Morgan fingerprint density at radius 2 is 2.12 bits per heavy atom. The van der Waals surface area contributed by atoms with Gasteiger partial charge in [-0.1, -0.05) is 44.6 Å². The molecular formula is C27H36N2O3. The Morgan fingerprint density at radius 3 is 2.84 bits per heavy atom. The molecule has 0 bridgehead atoms. The minimum atomic E-state index is -0.819. The molecule has 2 aliphatic carbocycles. The molecule has 0 spiro atoms. The fourth-order valence-electron chi connectivity index (χ4n) is 5.50. The van der Waals surface area contributed by atoms with E-state index in [1.807, 2.05) is 25.1 Å². The summed E-state index contributed by atoms with van der Waals surface area (Å²) in [5.74, 6) is 0.639. The molecule has 3 N–H and O–H groups in total. The Kier molecular flexibility index (Phi) is 6.59. The maximum atomic E-state index is 13.3. The van der Waals surface area contributed by atoms with Gasteiger partial charge in [0.2, 0.25) is 0 Å². The second-order valence-corrected chi connectivity index (χ2v) is 10.0. The molecule has 1 heterocycles. The fourth-order valence-corrected chi connectivity index (χ4v) is 5.50. The number of aliphatic hydroxyl groups excluding tert-OH is 1. The van der Waals surface area contributed by atoms with Crippen molar-refractivity contribution in [2.24, 2.45) is 11.8 Å². The molecule has 1 aromatic rings. The van der Waals surface area contributed by atoms with Gasteiger partial charge < -0.3 is 20.4 Å². The molecule has 0 radical (unpaired) electrons. The van der Waals surface area contributed by atoms with Gasteiger partial charge in [-0.2, -0.15) is 0 Å². The molecule has 3 atom stereocenters. The average molecular weight is 437 g/mol. The number of hydrogen-bond donors (Lipinski definition) is 3. The van der Waals surface area contributed by atoms with E-state index >= 15 is 0 Å². The number of carbonyl (C=O) groups is 1. The monoisotopic (exact) mass is 436 g/mol. The third-order valence-corrected chi connectivity index (χ3v) is 7.32. The first-order valence-corrected chi connectivity index (χ1v) is 11.9. The molecule has 1 aliphatic heterocycles. The number of rotatable bonds is 5. The van der Waals surface area contributed by atoms with Crippen molar-refractivity contribution in [3.63, 3.8) is 0 Å². The lowest BCUT2D eigenvalue weighted by atomic mass is 9.79. The molecule has 32 heavy (non-hydrogen) atoms. The van der Waals surface area contributed by atoms with E-state index in [1.165, 1.54) is 0 Å². The Balaban J connectivity index is 1.56. The molecule has 1 saturated heterocycles. The second kappa shape index (κ2) is 9.24. The van der Waals surface area contributed by atoms with Crippen LogP contribution in [0.2, 0.25) is 0 Å². The van der Waals surface area contributed by atoms with Gasteiger partial charge in [0.25, 0.3) is 5.91 Å². The van der Waals surface area contributed by atoms with Gasteiger partial charge in [-0.15, -0.1) is 0 Å². The van der Waals surface area contributed by atoms with Crippen LogP contribution in [0.15, 0.2) is 36.6 Å². The molecule has 172 valence electrons. The van der Waals surface area contributed by atoms with Gasteiger partial charge in [0.1, 0.15) is 0 Å². The molecule has 2 fully saturated rings. The molecule has 1 aromatic carbocycles. The van der Waals surface area contributed by atoms with Crippen molar-refractivity contribution in [1.29, 1.82) is 0 Å². The SMILES string of the molecule is C=C1C=C(N2CCC(CO)C2)C=Cc2c1ccc(C)c2C(=O)NC[C@@]1(O)CCC[C@@H](C)C1. The first kappa shape index (κ1) is 22.8. The minimum Gasteiger partial charge on any atom is -0.396 e. The van der Waals surface area contributed by atoms with E-state index in [-0.39, 0.29) is 19.1 Å². The number of aliphatic hydroxyl groups is 2. The lowest BCUT2D eigenvalue weighted by molar-refractivity contribution is -0.0109. The first-order valence-electron chi connectivity index (χ1n) is 11.9. The lowest BCUT2D eigenvalue weighted by Gasteiger charge is -2.35. The van der Waals surface area contributed by atoms with Gasteiger partial charge in [-0.05, 0) is 66.5 Å². The van der Waals surface area contributed by atoms with Crippen LogP contribution in [0.4, 0.5) is 0 Å². The number of likely N-dealkylation sites (tertiary alicyclic amines) is 1. The number of hydrogen-bond acceptors (Lipinski definition) is 4. The quantitative estimate of drug-likeness (QED) is 0.655. The maximum Gasteiger partial charge on any atom is 0.252 e. The highest BCUT2D eigenvalue weighted by atomic mass is 16.3. The number of nitrogens with zero attached hydrogens (tertiary/aromatic N) is 1. The maximum absolute atomic E-state index is 13.3. The fraction of sp³-hybridized carbons (Fsp3) is 0.519. The van der Waals surface area contributed by atoms with Crippen LogP contribution in [-0.2, 0) is 0 Å². The van der Waals surface area contributed by atoms with E-state index in [2.05, 4.69) is 35.9 Å². The van der Waals surface area contributed by atoms with Gasteiger partial charge in [-0.3, -0.25) is 4.79 Å². The first-order chi connectivity index (χ1) is 15.3. The average Bonchev–Trinajstić information content (AvgIpc) is 3.17. The molecule has 0 aromatic heterocycles. The van der Waals surface area contributed by atoms with Crippen molar-refractivity contribution in [3.8, 4) is 0 Å². The van der Waals surface area contributed by atoms with Gasteiger partial charge >= 0.3 is 0 Å². The van der Waals surface area contributed by atoms with Crippen molar-refractivity contribution in [2.75, 3.05) is 26.2 Å². The van der Waals surface area contributed by atoms with Gasteiger partial charge in [0, 0.05) is 37.9 Å². The van der Waals surface area contributed by atoms with Crippen LogP contribution in [0.1, 0.15) is 66.1 Å². The molecule has 3 aliphatic rings. The highest BCUT2D eigenvalue weighted by Gasteiger charge is 2.33. The zero-order valence-corrected chi connectivity index (χ0v) is 19.4. The van der Waals surface area contributed by atoms with Crippen LogP contribution in [0.25, 0.3) is 11.6 Å². The predicted molar refractivity (Wildman–Crippen MR) is 129 cm³/mol. The number of amides is 1. The van der Waals surface area contributed by atoms with E-state index in [0.717, 1.165) is 73.2 Å². The van der Waals surface area contributed by atoms with E-state index in [4.69, 9.17) is 0 Å². The van der Waals surface area contributed by atoms with E-state index in [9.17, 15) is 15.0 Å². The highest BCUT2D eigenvalue weighted by Crippen LogP contribution is 2.34. The summed E-state index contributed by atoms with van der Waals surface area (Å²) >= 11 is 0. The smallest absolute Gasteiger partial charge is 0.252 e. The van der Waals surface area contributed by atoms with E-state index in [1.54, 1.807) is 0 Å². The summed E-state index contributed by atoms with van der Waals surface area (Å²) in [5, 5.41) is 23.5.